The highest BCUT2D eigenvalue weighted by Gasteiger charge is 2.30. The molecule has 0 spiro atoms. The third-order valence-corrected chi connectivity index (χ3v) is 3.15. The summed E-state index contributed by atoms with van der Waals surface area (Å²) < 4.78 is 4.77. The number of hydrogen-bond donors (Lipinski definition) is 4. The van der Waals surface area contributed by atoms with Gasteiger partial charge in [0.2, 0.25) is 5.91 Å². The molecule has 0 bridgehead atoms. The number of nitrogens with one attached hydrogen (secondary N) is 3. The third kappa shape index (κ3) is 5.87. The van der Waals surface area contributed by atoms with Crippen LogP contribution >= 0.6 is 0 Å². The van der Waals surface area contributed by atoms with E-state index < -0.39 is 17.9 Å². The fraction of sp³-hybridized carbons (Fsp3) is 0.750. The largest absolute Gasteiger partial charge is 0.481 e. The summed E-state index contributed by atoms with van der Waals surface area (Å²) >= 11 is 0. The molecule has 0 radical (unpaired) electrons. The predicted octanol–water partition coefficient (Wildman–Crippen LogP) is -0.698. The molecule has 8 nitrogen and oxygen atoms in total. The Balaban J connectivity index is 2.15. The second-order valence-corrected chi connectivity index (χ2v) is 4.71. The first kappa shape index (κ1) is 16.2. The number of aliphatic carboxylic acids is 1. The average molecular weight is 287 g/mol. The van der Waals surface area contributed by atoms with Gasteiger partial charge in [0.1, 0.15) is 0 Å². The normalized spacial score (nSPS) is 21.2. The van der Waals surface area contributed by atoms with Crippen molar-refractivity contribution in [3.63, 3.8) is 0 Å². The molecule has 2 atom stereocenters. The molecule has 0 aromatic rings. The van der Waals surface area contributed by atoms with Crippen LogP contribution in [0.1, 0.15) is 19.3 Å². The molecule has 4 N–H and O–H groups in total. The highest BCUT2D eigenvalue weighted by Crippen LogP contribution is 2.25. The Bertz CT molecular complexity index is 361. The first-order chi connectivity index (χ1) is 9.52. The molecule has 8 heteroatoms. The van der Waals surface area contributed by atoms with Crippen LogP contribution in [0.25, 0.3) is 0 Å². The average Bonchev–Trinajstić information content (AvgIpc) is 2.85. The summed E-state index contributed by atoms with van der Waals surface area (Å²) in [6, 6.07) is -0.601. The third-order valence-electron chi connectivity index (χ3n) is 3.15. The second kappa shape index (κ2) is 8.36. The molecule has 1 saturated carbocycles. The molecule has 0 heterocycles. The summed E-state index contributed by atoms with van der Waals surface area (Å²) in [6.45, 7) is 0.683. The molecule has 3 amide bonds. The zero-order chi connectivity index (χ0) is 15.0. The minimum absolute atomic E-state index is 0.120. The van der Waals surface area contributed by atoms with Crippen LogP contribution < -0.4 is 16.0 Å². The molecule has 0 aromatic heterocycles. The summed E-state index contributed by atoms with van der Waals surface area (Å²) in [7, 11) is 1.53. The van der Waals surface area contributed by atoms with Crippen molar-refractivity contribution in [2.24, 2.45) is 5.92 Å². The van der Waals surface area contributed by atoms with Crippen molar-refractivity contribution >= 4 is 17.9 Å². The summed E-state index contributed by atoms with van der Waals surface area (Å²) in [6.07, 6.45) is 1.64. The topological polar surface area (TPSA) is 117 Å². The van der Waals surface area contributed by atoms with Crippen molar-refractivity contribution in [1.29, 1.82) is 0 Å². The van der Waals surface area contributed by atoms with Gasteiger partial charge < -0.3 is 25.8 Å². The van der Waals surface area contributed by atoms with Gasteiger partial charge >= 0.3 is 12.0 Å². The molecule has 1 rings (SSSR count). The number of ether oxygens (including phenoxy) is 1. The van der Waals surface area contributed by atoms with Gasteiger partial charge in [-0.25, -0.2) is 4.79 Å². The molecular formula is C12H21N3O5. The van der Waals surface area contributed by atoms with Crippen LogP contribution in [0.3, 0.4) is 0 Å². The van der Waals surface area contributed by atoms with Gasteiger partial charge in [-0.2, -0.15) is 0 Å². The van der Waals surface area contributed by atoms with Gasteiger partial charge in [-0.15, -0.1) is 0 Å². The number of methoxy groups -OCH3 is 1. The van der Waals surface area contributed by atoms with Gasteiger partial charge in [0.05, 0.1) is 19.1 Å². The van der Waals surface area contributed by atoms with E-state index in [0.717, 1.165) is 0 Å². The summed E-state index contributed by atoms with van der Waals surface area (Å²) in [4.78, 5) is 33.6. The highest BCUT2D eigenvalue weighted by atomic mass is 16.5. The van der Waals surface area contributed by atoms with Crippen LogP contribution in [0.4, 0.5) is 4.79 Å². The van der Waals surface area contributed by atoms with Crippen molar-refractivity contribution in [2.45, 2.75) is 25.3 Å². The van der Waals surface area contributed by atoms with Crippen molar-refractivity contribution in [3.8, 4) is 0 Å². The Morgan fingerprint density at radius 3 is 2.60 bits per heavy atom. The zero-order valence-electron chi connectivity index (χ0n) is 11.5. The maximum atomic E-state index is 11.5. The van der Waals surface area contributed by atoms with Gasteiger partial charge in [0.25, 0.3) is 0 Å². The number of carboxylic acids is 1. The predicted molar refractivity (Wildman–Crippen MR) is 70.2 cm³/mol. The van der Waals surface area contributed by atoms with E-state index in [-0.39, 0.29) is 18.5 Å². The number of carboxylic acid groups (broad SMARTS) is 1. The molecule has 0 saturated heterocycles. The van der Waals surface area contributed by atoms with Crippen LogP contribution in [0.5, 0.6) is 0 Å². The number of carbonyl (C=O) groups excluding carboxylic acids is 2. The molecule has 114 valence electrons. The van der Waals surface area contributed by atoms with Crippen LogP contribution in [-0.4, -0.2) is 55.9 Å². The van der Waals surface area contributed by atoms with Crippen molar-refractivity contribution in [2.75, 3.05) is 26.8 Å². The van der Waals surface area contributed by atoms with Gasteiger partial charge in [-0.3, -0.25) is 9.59 Å². The Morgan fingerprint density at radius 2 is 2.00 bits per heavy atom. The smallest absolute Gasteiger partial charge is 0.315 e. The summed E-state index contributed by atoms with van der Waals surface area (Å²) in [5, 5.41) is 16.5. The van der Waals surface area contributed by atoms with Gasteiger partial charge in [-0.1, -0.05) is 0 Å². The standard InChI is InChI=1S/C12H21N3O5/c1-20-5-4-13-10(16)7-14-12(19)15-9-3-2-8(6-9)11(17)18/h8-9H,2-7H2,1H3,(H,13,16)(H,17,18)(H2,14,15,19)/t8-,9+/m1/s1. The first-order valence-corrected chi connectivity index (χ1v) is 6.55. The number of hydrogen-bond acceptors (Lipinski definition) is 4. The van der Waals surface area contributed by atoms with E-state index in [1.165, 1.54) is 7.11 Å². The fourth-order valence-electron chi connectivity index (χ4n) is 2.09. The molecule has 1 fully saturated rings. The quantitative estimate of drug-likeness (QED) is 0.462. The van der Waals surface area contributed by atoms with Crippen LogP contribution in [-0.2, 0) is 14.3 Å². The fourth-order valence-corrected chi connectivity index (χ4v) is 2.09. The Morgan fingerprint density at radius 1 is 1.25 bits per heavy atom. The summed E-state index contributed by atoms with van der Waals surface area (Å²) in [5.74, 6) is -1.52. The number of urea groups is 1. The van der Waals surface area contributed by atoms with Crippen LogP contribution in [0, 0.1) is 5.92 Å². The molecule has 1 aliphatic carbocycles. The van der Waals surface area contributed by atoms with Gasteiger partial charge in [0.15, 0.2) is 0 Å². The lowest BCUT2D eigenvalue weighted by Gasteiger charge is -2.13. The second-order valence-electron chi connectivity index (χ2n) is 4.71. The van der Waals surface area contributed by atoms with Crippen molar-refractivity contribution in [1.82, 2.24) is 16.0 Å². The van der Waals surface area contributed by atoms with Gasteiger partial charge in [0, 0.05) is 19.7 Å². The van der Waals surface area contributed by atoms with E-state index in [2.05, 4.69) is 16.0 Å². The number of rotatable bonds is 7. The van der Waals surface area contributed by atoms with Crippen LogP contribution in [0.15, 0.2) is 0 Å². The molecule has 0 aromatic carbocycles. The van der Waals surface area contributed by atoms with E-state index >= 15 is 0 Å². The van der Waals surface area contributed by atoms with E-state index in [4.69, 9.17) is 9.84 Å². The molecule has 0 unspecified atom stereocenters. The zero-order valence-corrected chi connectivity index (χ0v) is 11.5. The molecular weight excluding hydrogens is 266 g/mol. The first-order valence-electron chi connectivity index (χ1n) is 6.55. The Labute approximate surface area is 117 Å². The lowest BCUT2D eigenvalue weighted by atomic mass is 10.1. The summed E-state index contributed by atoms with van der Waals surface area (Å²) in [5.41, 5.74) is 0. The van der Waals surface area contributed by atoms with Crippen molar-refractivity contribution < 1.29 is 24.2 Å². The van der Waals surface area contributed by atoms with E-state index in [0.29, 0.717) is 32.4 Å². The minimum Gasteiger partial charge on any atom is -0.481 e. The maximum absolute atomic E-state index is 11.5. The lowest BCUT2D eigenvalue weighted by molar-refractivity contribution is -0.141. The van der Waals surface area contributed by atoms with Crippen molar-refractivity contribution in [3.05, 3.63) is 0 Å². The molecule has 0 aliphatic heterocycles. The van der Waals surface area contributed by atoms with Crippen LogP contribution in [0.2, 0.25) is 0 Å². The Hall–Kier alpha value is -1.83. The monoisotopic (exact) mass is 287 g/mol. The minimum atomic E-state index is -0.827. The van der Waals surface area contributed by atoms with E-state index in [1.54, 1.807) is 0 Å². The Kier molecular flexibility index (Phi) is 6.78. The SMILES string of the molecule is COCCNC(=O)CNC(=O)N[C@H]1CC[C@@H](C(=O)O)C1. The highest BCUT2D eigenvalue weighted by molar-refractivity contribution is 5.84. The van der Waals surface area contributed by atoms with E-state index in [9.17, 15) is 14.4 Å². The number of amides is 3. The van der Waals surface area contributed by atoms with E-state index in [1.807, 2.05) is 0 Å². The molecule has 20 heavy (non-hydrogen) atoms. The van der Waals surface area contributed by atoms with Gasteiger partial charge in [-0.05, 0) is 19.3 Å². The maximum Gasteiger partial charge on any atom is 0.315 e. The molecule has 1 aliphatic rings. The lowest BCUT2D eigenvalue weighted by Crippen LogP contribution is -2.45. The number of carbonyl (C=O) groups is 3.